The van der Waals surface area contributed by atoms with Crippen molar-refractivity contribution in [2.24, 2.45) is 0 Å². The van der Waals surface area contributed by atoms with Gasteiger partial charge in [0.15, 0.2) is 14.5 Å². The third-order valence-electron chi connectivity index (χ3n) is 4.10. The zero-order valence-electron chi connectivity index (χ0n) is 13.7. The van der Waals surface area contributed by atoms with E-state index in [1.807, 2.05) is 12.1 Å². The monoisotopic (exact) mass is 384 g/mol. The lowest BCUT2D eigenvalue weighted by Crippen LogP contribution is -2.02. The Morgan fingerprint density at radius 2 is 1.80 bits per heavy atom. The second kappa shape index (κ2) is 7.32. The number of ketones is 1. The van der Waals surface area contributed by atoms with Gasteiger partial charge in [0.2, 0.25) is 0 Å². The molecule has 1 heterocycles. The average molecular weight is 385 g/mol. The van der Waals surface area contributed by atoms with Crippen molar-refractivity contribution in [1.29, 1.82) is 0 Å². The quantitative estimate of drug-likeness (QED) is 0.338. The molecule has 4 rings (SSSR count). The fraction of sp³-hybridized carbons (Fsp3) is 0.211. The topological polar surface area (TPSA) is 42.9 Å². The van der Waals surface area contributed by atoms with Crippen LogP contribution in [-0.2, 0) is 6.42 Å². The van der Waals surface area contributed by atoms with E-state index >= 15 is 0 Å². The predicted octanol–water partition coefficient (Wildman–Crippen LogP) is 5.20. The van der Waals surface area contributed by atoms with Crippen molar-refractivity contribution in [2.75, 3.05) is 11.5 Å². The molecule has 0 radical (unpaired) electrons. The number of Topliss-reactive ketones (excluding diaryl/α,β-unsaturated/α-hetero) is 1. The molecule has 6 heteroatoms. The van der Waals surface area contributed by atoms with E-state index in [9.17, 15) is 4.79 Å². The van der Waals surface area contributed by atoms with Crippen LogP contribution in [0.25, 0.3) is 11.1 Å². The number of benzene rings is 2. The summed E-state index contributed by atoms with van der Waals surface area (Å²) >= 11 is 4.71. The molecular weight excluding hydrogens is 368 g/mol. The molecule has 1 aromatic heterocycles. The van der Waals surface area contributed by atoms with Crippen LogP contribution in [0.15, 0.2) is 51.1 Å². The van der Waals surface area contributed by atoms with E-state index in [-0.39, 0.29) is 5.78 Å². The minimum absolute atomic E-state index is 0.136. The molecule has 1 aliphatic rings. The molecule has 0 N–H and O–H groups in total. The first-order valence-corrected chi connectivity index (χ1v) is 10.9. The highest BCUT2D eigenvalue weighted by Crippen LogP contribution is 2.37. The van der Waals surface area contributed by atoms with Crippen LogP contribution in [0.4, 0.5) is 0 Å². The van der Waals surface area contributed by atoms with Crippen molar-refractivity contribution in [3.05, 3.63) is 59.2 Å². The third-order valence-corrected chi connectivity index (χ3v) is 7.17. The number of hydrogen-bond donors (Lipinski definition) is 0. The molecular formula is C19H16N2OS3. The lowest BCUT2D eigenvalue weighted by molar-refractivity contribution is 0.102. The minimum Gasteiger partial charge on any atom is -0.293 e. The molecule has 2 aromatic carbocycles. The molecule has 0 atom stereocenters. The predicted molar refractivity (Wildman–Crippen MR) is 106 cm³/mol. The Morgan fingerprint density at radius 3 is 2.64 bits per heavy atom. The van der Waals surface area contributed by atoms with Crippen LogP contribution < -0.4 is 0 Å². The number of fused-ring (bicyclic) bond motifs is 3. The largest absolute Gasteiger partial charge is 0.293 e. The number of thioether (sulfide) groups is 2. The second-order valence-electron chi connectivity index (χ2n) is 5.68. The Balaban J connectivity index is 1.48. The second-order valence-corrected chi connectivity index (χ2v) is 9.40. The fourth-order valence-corrected chi connectivity index (χ4v) is 5.76. The number of hydrogen-bond acceptors (Lipinski definition) is 6. The van der Waals surface area contributed by atoms with Gasteiger partial charge in [0.1, 0.15) is 0 Å². The summed E-state index contributed by atoms with van der Waals surface area (Å²) in [4.78, 5) is 12.6. The van der Waals surface area contributed by atoms with Crippen LogP contribution >= 0.6 is 34.9 Å². The van der Waals surface area contributed by atoms with Gasteiger partial charge in [-0.05, 0) is 40.5 Å². The Labute approximate surface area is 159 Å². The van der Waals surface area contributed by atoms with E-state index in [4.69, 9.17) is 0 Å². The molecule has 1 aliphatic carbocycles. The van der Waals surface area contributed by atoms with Crippen molar-refractivity contribution < 1.29 is 4.79 Å². The first-order valence-electron chi connectivity index (χ1n) is 8.08. The van der Waals surface area contributed by atoms with Crippen LogP contribution in [0.3, 0.4) is 0 Å². The first-order chi connectivity index (χ1) is 12.2. The lowest BCUT2D eigenvalue weighted by Gasteiger charge is -2.04. The molecule has 0 unspecified atom stereocenters. The zero-order valence-corrected chi connectivity index (χ0v) is 16.1. The Morgan fingerprint density at radius 1 is 1.04 bits per heavy atom. The first kappa shape index (κ1) is 16.8. The molecule has 0 saturated carbocycles. The number of carbonyl (C=O) groups excluding carboxylic acids is 1. The fourth-order valence-electron chi connectivity index (χ4n) is 2.95. The van der Waals surface area contributed by atoms with Crippen molar-refractivity contribution in [3.8, 4) is 11.1 Å². The van der Waals surface area contributed by atoms with Gasteiger partial charge in [0.05, 0.1) is 5.75 Å². The van der Waals surface area contributed by atoms with Crippen LogP contribution in [0.1, 0.15) is 28.4 Å². The highest BCUT2D eigenvalue weighted by atomic mass is 32.2. The van der Waals surface area contributed by atoms with Crippen LogP contribution in [0, 0.1) is 0 Å². The van der Waals surface area contributed by atoms with Crippen molar-refractivity contribution in [1.82, 2.24) is 10.2 Å². The minimum atomic E-state index is 0.136. The summed E-state index contributed by atoms with van der Waals surface area (Å²) in [5, 5.41) is 8.27. The van der Waals surface area contributed by atoms with E-state index in [1.54, 1.807) is 23.1 Å². The summed E-state index contributed by atoms with van der Waals surface area (Å²) < 4.78 is 1.82. The van der Waals surface area contributed by atoms with Gasteiger partial charge < -0.3 is 0 Å². The Kier molecular flexibility index (Phi) is 4.92. The van der Waals surface area contributed by atoms with Gasteiger partial charge in [0, 0.05) is 5.56 Å². The van der Waals surface area contributed by atoms with Gasteiger partial charge in [0.25, 0.3) is 0 Å². The van der Waals surface area contributed by atoms with Crippen molar-refractivity contribution in [3.63, 3.8) is 0 Å². The molecule has 0 aliphatic heterocycles. The number of rotatable bonds is 6. The maximum Gasteiger partial charge on any atom is 0.175 e. The smallest absolute Gasteiger partial charge is 0.175 e. The standard InChI is InChI=1S/C19H16N2OS3/c1-2-23-18-20-21-19(25-18)24-11-17(22)14-8-7-13-9-12-5-3-4-6-15(12)16(13)10-14/h3-8,10H,2,9,11H2,1H3. The molecule has 25 heavy (non-hydrogen) atoms. The average Bonchev–Trinajstić information content (AvgIpc) is 3.23. The Hall–Kier alpha value is -1.63. The SMILES string of the molecule is CCSc1nnc(SCC(=O)c2ccc3c(c2)-c2ccccc2C3)s1. The van der Waals surface area contributed by atoms with E-state index < -0.39 is 0 Å². The molecule has 0 bridgehead atoms. The summed E-state index contributed by atoms with van der Waals surface area (Å²) in [6.45, 7) is 2.09. The summed E-state index contributed by atoms with van der Waals surface area (Å²) in [6, 6.07) is 14.5. The van der Waals surface area contributed by atoms with Crippen molar-refractivity contribution in [2.45, 2.75) is 22.0 Å². The van der Waals surface area contributed by atoms with Gasteiger partial charge in [-0.2, -0.15) is 0 Å². The molecule has 0 fully saturated rings. The number of aromatic nitrogens is 2. The van der Waals surface area contributed by atoms with E-state index in [2.05, 4.69) is 47.5 Å². The summed E-state index contributed by atoms with van der Waals surface area (Å²) in [5.41, 5.74) is 5.87. The number of nitrogens with zero attached hydrogens (tertiary/aromatic N) is 2. The molecule has 0 saturated heterocycles. The summed E-state index contributed by atoms with van der Waals surface area (Å²) in [6.07, 6.45) is 0.956. The molecule has 0 spiro atoms. The van der Waals surface area contributed by atoms with Crippen LogP contribution in [0.2, 0.25) is 0 Å². The van der Waals surface area contributed by atoms with Gasteiger partial charge in [-0.15, -0.1) is 10.2 Å². The van der Waals surface area contributed by atoms with E-state index in [0.717, 1.165) is 26.4 Å². The van der Waals surface area contributed by atoms with Crippen LogP contribution in [0.5, 0.6) is 0 Å². The maximum atomic E-state index is 12.6. The van der Waals surface area contributed by atoms with Gasteiger partial charge in [-0.3, -0.25) is 4.79 Å². The van der Waals surface area contributed by atoms with E-state index in [1.165, 1.54) is 34.0 Å². The lowest BCUT2D eigenvalue weighted by atomic mass is 10.0. The van der Waals surface area contributed by atoms with E-state index in [0.29, 0.717) is 5.75 Å². The summed E-state index contributed by atoms with van der Waals surface area (Å²) in [7, 11) is 0. The third kappa shape index (κ3) is 3.52. The van der Waals surface area contributed by atoms with Crippen LogP contribution in [-0.4, -0.2) is 27.5 Å². The highest BCUT2D eigenvalue weighted by Gasteiger charge is 2.19. The summed E-state index contributed by atoms with van der Waals surface area (Å²) in [5.74, 6) is 1.51. The normalized spacial score (nSPS) is 12.0. The van der Waals surface area contributed by atoms with Crippen molar-refractivity contribution >= 4 is 40.6 Å². The maximum absolute atomic E-state index is 12.6. The molecule has 3 nitrogen and oxygen atoms in total. The molecule has 126 valence electrons. The highest BCUT2D eigenvalue weighted by molar-refractivity contribution is 8.03. The van der Waals surface area contributed by atoms with Gasteiger partial charge >= 0.3 is 0 Å². The molecule has 0 amide bonds. The number of carbonyl (C=O) groups is 1. The molecule has 3 aromatic rings. The zero-order chi connectivity index (χ0) is 17.2. The van der Waals surface area contributed by atoms with Gasteiger partial charge in [-0.25, -0.2) is 0 Å². The van der Waals surface area contributed by atoms with Gasteiger partial charge in [-0.1, -0.05) is 78.2 Å². The Bertz CT molecular complexity index is 936.